The lowest BCUT2D eigenvalue weighted by atomic mass is 10.5. The molecule has 0 aromatic carbocycles. The highest BCUT2D eigenvalue weighted by atomic mass is 16.7. The molecule has 5 nitrogen and oxygen atoms in total. The largest absolute Gasteiger partial charge is 0.382 e. The minimum absolute atomic E-state index is 0.251. The fourth-order valence-electron chi connectivity index (χ4n) is 1.20. The molecule has 104 valence electrons. The Kier molecular flexibility index (Phi) is 13.7. The summed E-state index contributed by atoms with van der Waals surface area (Å²) in [5.74, 6) is 0. The topological polar surface area (TPSA) is 46.2 Å². The number of methoxy groups -OCH3 is 1. The van der Waals surface area contributed by atoms with Crippen LogP contribution in [0.5, 0.6) is 0 Å². The van der Waals surface area contributed by atoms with E-state index in [1.165, 1.54) is 0 Å². The molecule has 0 unspecified atom stereocenters. The summed E-state index contributed by atoms with van der Waals surface area (Å²) >= 11 is 0. The summed E-state index contributed by atoms with van der Waals surface area (Å²) in [6.07, 6.45) is 0.619. The third kappa shape index (κ3) is 12.1. The van der Waals surface area contributed by atoms with Crippen molar-refractivity contribution in [1.82, 2.24) is 0 Å². The lowest BCUT2D eigenvalue weighted by Gasteiger charge is -2.16. The highest BCUT2D eigenvalue weighted by Gasteiger charge is 2.07. The van der Waals surface area contributed by atoms with Crippen LogP contribution in [0.4, 0.5) is 0 Å². The molecular weight excluding hydrogens is 224 g/mol. The summed E-state index contributed by atoms with van der Waals surface area (Å²) in [4.78, 5) is 0. The maximum Gasteiger partial charge on any atom is 0.180 e. The molecule has 0 amide bonds. The van der Waals surface area contributed by atoms with Crippen LogP contribution in [0.3, 0.4) is 0 Å². The first-order chi connectivity index (χ1) is 8.35. The molecule has 0 heterocycles. The minimum Gasteiger partial charge on any atom is -0.382 e. The second kappa shape index (κ2) is 13.9. The summed E-state index contributed by atoms with van der Waals surface area (Å²) in [6.45, 7) is 8.24. The van der Waals surface area contributed by atoms with Crippen molar-refractivity contribution in [2.75, 3.05) is 53.4 Å². The van der Waals surface area contributed by atoms with Gasteiger partial charge in [0.05, 0.1) is 19.8 Å². The van der Waals surface area contributed by atoms with Crippen molar-refractivity contribution in [1.29, 1.82) is 0 Å². The van der Waals surface area contributed by atoms with E-state index in [1.54, 1.807) is 7.11 Å². The third-order valence-electron chi connectivity index (χ3n) is 1.97. The zero-order valence-corrected chi connectivity index (χ0v) is 11.3. The molecule has 0 aromatic heterocycles. The Morgan fingerprint density at radius 1 is 0.824 bits per heavy atom. The molecular formula is C12H26O5. The molecule has 0 aliphatic carbocycles. The molecule has 0 rings (SSSR count). The number of ether oxygens (including phenoxy) is 5. The van der Waals surface area contributed by atoms with E-state index in [0.717, 1.165) is 6.42 Å². The van der Waals surface area contributed by atoms with Gasteiger partial charge in [0.1, 0.15) is 0 Å². The van der Waals surface area contributed by atoms with E-state index in [2.05, 4.69) is 0 Å². The van der Waals surface area contributed by atoms with Gasteiger partial charge in [0.2, 0.25) is 0 Å². The van der Waals surface area contributed by atoms with Crippen LogP contribution in [0.15, 0.2) is 0 Å². The van der Waals surface area contributed by atoms with Crippen molar-refractivity contribution in [2.45, 2.75) is 26.6 Å². The Morgan fingerprint density at radius 2 is 1.47 bits per heavy atom. The zero-order valence-electron chi connectivity index (χ0n) is 11.3. The van der Waals surface area contributed by atoms with Gasteiger partial charge in [-0.2, -0.15) is 0 Å². The van der Waals surface area contributed by atoms with Gasteiger partial charge in [0, 0.05) is 33.5 Å². The Hall–Kier alpha value is -0.200. The summed E-state index contributed by atoms with van der Waals surface area (Å²) in [6, 6.07) is 0. The van der Waals surface area contributed by atoms with E-state index in [1.807, 2.05) is 13.8 Å². The van der Waals surface area contributed by atoms with Crippen LogP contribution < -0.4 is 0 Å². The molecule has 0 spiro atoms. The Labute approximate surface area is 104 Å². The van der Waals surface area contributed by atoms with Crippen molar-refractivity contribution in [3.8, 4) is 0 Å². The van der Waals surface area contributed by atoms with Crippen LogP contribution in [0.1, 0.15) is 20.3 Å². The van der Waals surface area contributed by atoms with Crippen molar-refractivity contribution in [2.24, 2.45) is 0 Å². The molecule has 5 heteroatoms. The highest BCUT2D eigenvalue weighted by molar-refractivity contribution is 4.42. The van der Waals surface area contributed by atoms with Crippen molar-refractivity contribution < 1.29 is 23.7 Å². The first-order valence-electron chi connectivity index (χ1n) is 6.22. The SMILES string of the molecule is CCOC(COCCCOCCOC)OCC. The summed E-state index contributed by atoms with van der Waals surface area (Å²) < 4.78 is 26.3. The van der Waals surface area contributed by atoms with Crippen LogP contribution in [-0.2, 0) is 23.7 Å². The average Bonchev–Trinajstić information content (AvgIpc) is 2.33. The van der Waals surface area contributed by atoms with Crippen LogP contribution >= 0.6 is 0 Å². The summed E-state index contributed by atoms with van der Waals surface area (Å²) in [7, 11) is 1.66. The maximum atomic E-state index is 5.45. The zero-order chi connectivity index (χ0) is 12.8. The van der Waals surface area contributed by atoms with Gasteiger partial charge in [-0.3, -0.25) is 0 Å². The molecule has 0 saturated heterocycles. The molecule has 0 N–H and O–H groups in total. The molecule has 0 radical (unpaired) electrons. The minimum atomic E-state index is -0.251. The molecule has 0 fully saturated rings. The van der Waals surface area contributed by atoms with E-state index in [4.69, 9.17) is 23.7 Å². The summed E-state index contributed by atoms with van der Waals surface area (Å²) in [5.41, 5.74) is 0. The standard InChI is InChI=1S/C12H26O5/c1-4-16-12(17-5-2)11-15-8-6-7-14-10-9-13-3/h12H,4-11H2,1-3H3. The van der Waals surface area contributed by atoms with Crippen LogP contribution in [0, 0.1) is 0 Å². The fourth-order valence-corrected chi connectivity index (χ4v) is 1.20. The Bertz CT molecular complexity index is 137. The van der Waals surface area contributed by atoms with Crippen molar-refractivity contribution in [3.63, 3.8) is 0 Å². The quantitative estimate of drug-likeness (QED) is 0.366. The predicted octanol–water partition coefficient (Wildman–Crippen LogP) is 1.46. The Balaban J connectivity index is 3.23. The first kappa shape index (κ1) is 16.8. The van der Waals surface area contributed by atoms with Crippen LogP contribution in [-0.4, -0.2) is 59.6 Å². The smallest absolute Gasteiger partial charge is 0.180 e. The van der Waals surface area contributed by atoms with Crippen LogP contribution in [0.2, 0.25) is 0 Å². The second-order valence-electron chi connectivity index (χ2n) is 3.37. The average molecular weight is 250 g/mol. The molecule has 0 saturated carbocycles. The molecule has 17 heavy (non-hydrogen) atoms. The normalized spacial score (nSPS) is 11.3. The van der Waals surface area contributed by atoms with Crippen molar-refractivity contribution >= 4 is 0 Å². The van der Waals surface area contributed by atoms with Gasteiger partial charge in [0.15, 0.2) is 6.29 Å². The van der Waals surface area contributed by atoms with Crippen molar-refractivity contribution in [3.05, 3.63) is 0 Å². The van der Waals surface area contributed by atoms with Gasteiger partial charge in [-0.1, -0.05) is 0 Å². The highest BCUT2D eigenvalue weighted by Crippen LogP contribution is 1.97. The lowest BCUT2D eigenvalue weighted by molar-refractivity contribution is -0.167. The van der Waals surface area contributed by atoms with E-state index in [0.29, 0.717) is 46.2 Å². The molecule has 0 atom stereocenters. The third-order valence-corrected chi connectivity index (χ3v) is 1.97. The van der Waals surface area contributed by atoms with Gasteiger partial charge in [-0.25, -0.2) is 0 Å². The number of hydrogen-bond acceptors (Lipinski definition) is 5. The second-order valence-corrected chi connectivity index (χ2v) is 3.37. The monoisotopic (exact) mass is 250 g/mol. The van der Waals surface area contributed by atoms with Gasteiger partial charge in [-0.05, 0) is 20.3 Å². The first-order valence-corrected chi connectivity index (χ1v) is 6.22. The Morgan fingerprint density at radius 3 is 2.06 bits per heavy atom. The maximum absolute atomic E-state index is 5.45. The van der Waals surface area contributed by atoms with Gasteiger partial charge >= 0.3 is 0 Å². The molecule has 0 aliphatic heterocycles. The van der Waals surface area contributed by atoms with E-state index in [-0.39, 0.29) is 6.29 Å². The number of rotatable bonds is 13. The fraction of sp³-hybridized carbons (Fsp3) is 1.00. The van der Waals surface area contributed by atoms with Gasteiger partial charge < -0.3 is 23.7 Å². The lowest BCUT2D eigenvalue weighted by Crippen LogP contribution is -2.24. The molecule has 0 aromatic rings. The van der Waals surface area contributed by atoms with Crippen LogP contribution in [0.25, 0.3) is 0 Å². The van der Waals surface area contributed by atoms with E-state index >= 15 is 0 Å². The molecule has 0 bridgehead atoms. The van der Waals surface area contributed by atoms with Gasteiger partial charge in [-0.15, -0.1) is 0 Å². The van der Waals surface area contributed by atoms with E-state index in [9.17, 15) is 0 Å². The van der Waals surface area contributed by atoms with E-state index < -0.39 is 0 Å². The van der Waals surface area contributed by atoms with Gasteiger partial charge in [0.25, 0.3) is 0 Å². The number of hydrogen-bond donors (Lipinski definition) is 0. The molecule has 0 aliphatic rings. The summed E-state index contributed by atoms with van der Waals surface area (Å²) in [5, 5.41) is 0. The predicted molar refractivity (Wildman–Crippen MR) is 65.2 cm³/mol.